The number of aliphatic hydroxyl groups is 1. The predicted octanol–water partition coefficient (Wildman–Crippen LogP) is 3.08. The molecule has 5 nitrogen and oxygen atoms in total. The Morgan fingerprint density at radius 3 is 2.88 bits per heavy atom. The normalized spacial score (nSPS) is 20.6. The number of rotatable bonds is 4. The lowest BCUT2D eigenvalue weighted by Crippen LogP contribution is -2.40. The number of aliphatic hydroxyl groups excluding tert-OH is 1. The molecule has 7 heteroatoms. The number of thiazole rings is 1. The molecule has 136 valence electrons. The van der Waals surface area contributed by atoms with E-state index < -0.39 is 11.9 Å². The lowest BCUT2D eigenvalue weighted by atomic mass is 9.93. The molecule has 0 aliphatic carbocycles. The van der Waals surface area contributed by atoms with E-state index in [0.29, 0.717) is 25.4 Å². The molecule has 1 aliphatic heterocycles. The van der Waals surface area contributed by atoms with E-state index in [1.807, 2.05) is 0 Å². The summed E-state index contributed by atoms with van der Waals surface area (Å²) in [5.74, 6) is -0.402. The van der Waals surface area contributed by atoms with Crippen LogP contribution >= 0.6 is 11.3 Å². The first-order valence-corrected chi connectivity index (χ1v) is 9.30. The van der Waals surface area contributed by atoms with Crippen LogP contribution in [0.2, 0.25) is 0 Å². The van der Waals surface area contributed by atoms with E-state index in [1.165, 1.54) is 12.1 Å². The Bertz CT molecular complexity index is 699. The summed E-state index contributed by atoms with van der Waals surface area (Å²) >= 11 is 1.62. The number of hydrogen-bond acceptors (Lipinski definition) is 6. The Kier molecular flexibility index (Phi) is 5.48. The van der Waals surface area contributed by atoms with E-state index in [1.54, 1.807) is 11.3 Å². The van der Waals surface area contributed by atoms with E-state index in [9.17, 15) is 9.50 Å². The molecule has 0 amide bonds. The van der Waals surface area contributed by atoms with Crippen LogP contribution in [-0.2, 0) is 10.2 Å². The Morgan fingerprint density at radius 1 is 1.44 bits per heavy atom. The molecule has 2 atom stereocenters. The van der Waals surface area contributed by atoms with Crippen LogP contribution in [-0.4, -0.2) is 46.2 Å². The smallest absolute Gasteiger partial charge is 0.141 e. The number of halogens is 1. The maximum Gasteiger partial charge on any atom is 0.141 e. The summed E-state index contributed by atoms with van der Waals surface area (Å²) in [7, 11) is 0. The van der Waals surface area contributed by atoms with Crippen molar-refractivity contribution in [1.82, 2.24) is 14.9 Å². The van der Waals surface area contributed by atoms with Crippen molar-refractivity contribution in [2.75, 3.05) is 26.2 Å². The van der Waals surface area contributed by atoms with Gasteiger partial charge in [0.1, 0.15) is 23.0 Å². The highest BCUT2D eigenvalue weighted by atomic mass is 32.1. The van der Waals surface area contributed by atoms with Crippen molar-refractivity contribution in [1.29, 1.82) is 0 Å². The Morgan fingerprint density at radius 2 is 2.24 bits per heavy atom. The second-order valence-corrected chi connectivity index (χ2v) is 8.25. The lowest BCUT2D eigenvalue weighted by Gasteiger charge is -2.33. The van der Waals surface area contributed by atoms with Crippen LogP contribution in [0.15, 0.2) is 23.7 Å². The van der Waals surface area contributed by atoms with Gasteiger partial charge in [-0.1, -0.05) is 20.8 Å². The third-order valence-electron chi connectivity index (χ3n) is 4.24. The third kappa shape index (κ3) is 4.61. The number of morpholine rings is 1. The monoisotopic (exact) mass is 365 g/mol. The van der Waals surface area contributed by atoms with Gasteiger partial charge in [0.2, 0.25) is 0 Å². The van der Waals surface area contributed by atoms with Gasteiger partial charge in [0, 0.05) is 30.4 Å². The van der Waals surface area contributed by atoms with Crippen LogP contribution < -0.4 is 0 Å². The highest BCUT2D eigenvalue weighted by Gasteiger charge is 2.28. The molecule has 0 aromatic carbocycles. The number of hydrogen-bond donors (Lipinski definition) is 1. The molecule has 0 saturated carbocycles. The zero-order valence-corrected chi connectivity index (χ0v) is 15.6. The largest absolute Gasteiger partial charge is 0.385 e. The lowest BCUT2D eigenvalue weighted by molar-refractivity contribution is -0.0429. The SMILES string of the molecule is CC(C)(C)c1csc([C@@H]2CN(C[C@@H](O)c3ccc(F)cn3)CCO2)n1. The summed E-state index contributed by atoms with van der Waals surface area (Å²) in [6, 6.07) is 2.84. The van der Waals surface area contributed by atoms with Gasteiger partial charge in [0.05, 0.1) is 24.2 Å². The molecule has 3 heterocycles. The molecule has 1 saturated heterocycles. The zero-order valence-electron chi connectivity index (χ0n) is 14.8. The van der Waals surface area contributed by atoms with Gasteiger partial charge in [0.25, 0.3) is 0 Å². The zero-order chi connectivity index (χ0) is 18.0. The van der Waals surface area contributed by atoms with E-state index in [2.05, 4.69) is 36.0 Å². The second kappa shape index (κ2) is 7.45. The van der Waals surface area contributed by atoms with Gasteiger partial charge in [-0.05, 0) is 12.1 Å². The number of nitrogens with zero attached hydrogens (tertiary/aromatic N) is 3. The van der Waals surface area contributed by atoms with Crippen molar-refractivity contribution in [2.24, 2.45) is 0 Å². The van der Waals surface area contributed by atoms with Gasteiger partial charge in [-0.3, -0.25) is 9.88 Å². The fourth-order valence-electron chi connectivity index (χ4n) is 2.72. The maximum absolute atomic E-state index is 13.0. The average molecular weight is 365 g/mol. The first-order valence-electron chi connectivity index (χ1n) is 8.42. The van der Waals surface area contributed by atoms with E-state index in [4.69, 9.17) is 9.72 Å². The van der Waals surface area contributed by atoms with Gasteiger partial charge in [-0.2, -0.15) is 0 Å². The maximum atomic E-state index is 13.0. The molecule has 0 unspecified atom stereocenters. The molecule has 0 bridgehead atoms. The molecule has 0 radical (unpaired) electrons. The predicted molar refractivity (Wildman–Crippen MR) is 95.1 cm³/mol. The van der Waals surface area contributed by atoms with Crippen LogP contribution in [0.1, 0.15) is 49.4 Å². The van der Waals surface area contributed by atoms with Crippen molar-refractivity contribution >= 4 is 11.3 Å². The molecule has 25 heavy (non-hydrogen) atoms. The van der Waals surface area contributed by atoms with Crippen LogP contribution in [0.4, 0.5) is 4.39 Å². The average Bonchev–Trinajstić information content (AvgIpc) is 3.06. The molecule has 3 rings (SSSR count). The van der Waals surface area contributed by atoms with E-state index in [-0.39, 0.29) is 11.5 Å². The molecular formula is C18H24FN3O2S. The number of ether oxygens (including phenoxy) is 1. The Hall–Kier alpha value is -1.41. The second-order valence-electron chi connectivity index (χ2n) is 7.36. The molecule has 0 spiro atoms. The van der Waals surface area contributed by atoms with Crippen LogP contribution in [0.25, 0.3) is 0 Å². The Labute approximate surface area is 151 Å². The van der Waals surface area contributed by atoms with Crippen molar-refractivity contribution < 1.29 is 14.2 Å². The molecule has 1 N–H and O–H groups in total. The molecular weight excluding hydrogens is 341 g/mol. The quantitative estimate of drug-likeness (QED) is 0.902. The highest BCUT2D eigenvalue weighted by molar-refractivity contribution is 7.09. The van der Waals surface area contributed by atoms with Gasteiger partial charge in [-0.15, -0.1) is 11.3 Å². The van der Waals surface area contributed by atoms with E-state index in [0.717, 1.165) is 23.4 Å². The first-order chi connectivity index (χ1) is 11.8. The van der Waals surface area contributed by atoms with Gasteiger partial charge in [-0.25, -0.2) is 9.37 Å². The highest BCUT2D eigenvalue weighted by Crippen LogP contribution is 2.30. The summed E-state index contributed by atoms with van der Waals surface area (Å²) in [6.07, 6.45) is 0.300. The summed E-state index contributed by atoms with van der Waals surface area (Å²) in [6.45, 7) is 8.89. The minimum Gasteiger partial charge on any atom is -0.385 e. The standard InChI is InChI=1S/C18H24FN3O2S/c1-18(2,3)16-11-25-17(21-16)15-10-22(6-7-24-15)9-14(23)13-5-4-12(19)8-20-13/h4-5,8,11,14-15,23H,6-7,9-10H2,1-3H3/t14-,15+/m1/s1. The van der Waals surface area contributed by atoms with E-state index >= 15 is 0 Å². The Balaban J connectivity index is 1.63. The topological polar surface area (TPSA) is 58.5 Å². The van der Waals surface area contributed by atoms with Gasteiger partial charge >= 0.3 is 0 Å². The van der Waals surface area contributed by atoms with Gasteiger partial charge < -0.3 is 9.84 Å². The minimum absolute atomic E-state index is 0.0214. The van der Waals surface area contributed by atoms with Crippen molar-refractivity contribution in [3.63, 3.8) is 0 Å². The molecule has 1 aliphatic rings. The van der Waals surface area contributed by atoms with Gasteiger partial charge in [0.15, 0.2) is 0 Å². The third-order valence-corrected chi connectivity index (χ3v) is 5.18. The minimum atomic E-state index is -0.749. The molecule has 1 fully saturated rings. The van der Waals surface area contributed by atoms with Crippen molar-refractivity contribution in [3.05, 3.63) is 45.9 Å². The molecule has 2 aromatic rings. The molecule has 2 aromatic heterocycles. The summed E-state index contributed by atoms with van der Waals surface area (Å²) in [4.78, 5) is 10.8. The van der Waals surface area contributed by atoms with Crippen LogP contribution in [0.3, 0.4) is 0 Å². The number of β-amino-alcohol motifs (C(OH)–C–C–N with tert-alkyl or cyclic N) is 1. The van der Waals surface area contributed by atoms with Crippen LogP contribution in [0, 0.1) is 5.82 Å². The fourth-order valence-corrected chi connectivity index (χ4v) is 3.80. The van der Waals surface area contributed by atoms with Crippen LogP contribution in [0.5, 0.6) is 0 Å². The fraction of sp³-hybridized carbons (Fsp3) is 0.556. The van der Waals surface area contributed by atoms with Crippen molar-refractivity contribution in [3.8, 4) is 0 Å². The summed E-state index contributed by atoms with van der Waals surface area (Å²) in [5, 5.41) is 13.4. The number of aromatic nitrogens is 2. The van der Waals surface area contributed by atoms with Crippen molar-refractivity contribution in [2.45, 2.75) is 38.4 Å². The summed E-state index contributed by atoms with van der Waals surface area (Å²) < 4.78 is 18.8. The number of pyridine rings is 1. The summed E-state index contributed by atoms with van der Waals surface area (Å²) in [5.41, 5.74) is 1.57. The first kappa shape index (κ1) is 18.4.